The van der Waals surface area contributed by atoms with Crippen molar-refractivity contribution in [3.63, 3.8) is 0 Å². The third kappa shape index (κ3) is 2.49. The Morgan fingerprint density at radius 2 is 1.52 bits per heavy atom. The van der Waals surface area contributed by atoms with Gasteiger partial charge >= 0.3 is 0 Å². The molecule has 2 aromatic carbocycles. The molecule has 0 radical (unpaired) electrons. The van der Waals surface area contributed by atoms with Gasteiger partial charge in [0.25, 0.3) is 0 Å². The van der Waals surface area contributed by atoms with Crippen LogP contribution in [-0.4, -0.2) is 26.8 Å². The smallest absolute Gasteiger partial charge is 0.182 e. The van der Waals surface area contributed by atoms with Crippen LogP contribution in [0.4, 0.5) is 0 Å². The van der Waals surface area contributed by atoms with Gasteiger partial charge in [-0.1, -0.05) is 48.0 Å². The molecule has 4 N–H and O–H groups in total. The van der Waals surface area contributed by atoms with E-state index in [2.05, 4.69) is 0 Å². The van der Waals surface area contributed by atoms with Crippen LogP contribution in [0.15, 0.2) is 59.5 Å². The maximum Gasteiger partial charge on any atom is 0.182 e. The van der Waals surface area contributed by atoms with E-state index in [0.717, 1.165) is 11.1 Å². The predicted octanol–water partition coefficient (Wildman–Crippen LogP) is 1.84. The molecule has 1 aliphatic carbocycles. The summed E-state index contributed by atoms with van der Waals surface area (Å²) in [6, 6.07) is 16.6. The Morgan fingerprint density at radius 3 is 2.04 bits per heavy atom. The molecule has 0 unspecified atom stereocenters. The van der Waals surface area contributed by atoms with E-state index in [1.54, 1.807) is 12.1 Å². The Morgan fingerprint density at radius 1 is 0.957 bits per heavy atom. The molecule has 4 nitrogen and oxygen atoms in total. The topological polar surface area (TPSA) is 86.2 Å². The van der Waals surface area contributed by atoms with Gasteiger partial charge in [-0.15, -0.1) is 0 Å². The van der Waals surface area contributed by atoms with Crippen LogP contribution in [0, 0.1) is 12.3 Å². The van der Waals surface area contributed by atoms with E-state index < -0.39 is 20.5 Å². The first-order valence-electron chi connectivity index (χ1n) is 7.73. The molecule has 0 bridgehead atoms. The highest BCUT2D eigenvalue weighted by Crippen LogP contribution is 2.62. The number of hydrogen-bond donors (Lipinski definition) is 2. The molecule has 5 heteroatoms. The minimum absolute atomic E-state index is 0.148. The lowest BCUT2D eigenvalue weighted by Gasteiger charge is -2.13. The van der Waals surface area contributed by atoms with E-state index in [9.17, 15) is 8.42 Å². The highest BCUT2D eigenvalue weighted by Gasteiger charge is 2.69. The van der Waals surface area contributed by atoms with Crippen LogP contribution >= 0.6 is 0 Å². The largest absolute Gasteiger partial charge is 0.330 e. The Kier molecular flexibility index (Phi) is 4.04. The van der Waals surface area contributed by atoms with Crippen LogP contribution in [0.3, 0.4) is 0 Å². The van der Waals surface area contributed by atoms with Gasteiger partial charge in [0.05, 0.1) is 10.1 Å². The second-order valence-corrected chi connectivity index (χ2v) is 8.38. The van der Waals surface area contributed by atoms with Crippen molar-refractivity contribution in [2.75, 3.05) is 13.1 Å². The van der Waals surface area contributed by atoms with Gasteiger partial charge < -0.3 is 11.5 Å². The Labute approximate surface area is 137 Å². The molecule has 1 aliphatic rings. The minimum atomic E-state index is -3.47. The van der Waals surface area contributed by atoms with Gasteiger partial charge in [0.2, 0.25) is 0 Å². The van der Waals surface area contributed by atoms with Crippen LogP contribution in [0.5, 0.6) is 0 Å². The molecule has 0 amide bonds. The number of benzene rings is 2. The van der Waals surface area contributed by atoms with Crippen LogP contribution in [0.1, 0.15) is 17.0 Å². The summed E-state index contributed by atoms with van der Waals surface area (Å²) in [6.07, 6.45) is 0. The van der Waals surface area contributed by atoms with Gasteiger partial charge in [-0.05, 0) is 24.6 Å². The standard InChI is InChI=1S/C18H22N2O2S/c1-13-7-9-15(10-8-13)23(21,22)17-16(18(17,11-19)12-20)14-5-3-2-4-6-14/h2-10,16-17H,11-12,19-20H2,1H3/t16-,17-/m0/s1. The predicted molar refractivity (Wildman–Crippen MR) is 91.9 cm³/mol. The first-order valence-corrected chi connectivity index (χ1v) is 9.27. The van der Waals surface area contributed by atoms with E-state index in [4.69, 9.17) is 11.5 Å². The average Bonchev–Trinajstić information content (AvgIpc) is 3.27. The Balaban J connectivity index is 2.05. The summed E-state index contributed by atoms with van der Waals surface area (Å²) in [7, 11) is -3.47. The first kappa shape index (κ1) is 16.2. The fourth-order valence-electron chi connectivity index (χ4n) is 3.55. The third-order valence-electron chi connectivity index (χ3n) is 4.98. The number of aryl methyl sites for hydroxylation is 1. The first-order chi connectivity index (χ1) is 11.0. The lowest BCUT2D eigenvalue weighted by Crippen LogP contribution is -2.31. The maximum atomic E-state index is 13.1. The van der Waals surface area contributed by atoms with Crippen molar-refractivity contribution in [2.45, 2.75) is 23.0 Å². The van der Waals surface area contributed by atoms with Gasteiger partial charge in [0, 0.05) is 24.4 Å². The van der Waals surface area contributed by atoms with Crippen molar-refractivity contribution in [3.05, 3.63) is 65.7 Å². The molecule has 1 fully saturated rings. The van der Waals surface area contributed by atoms with Crippen molar-refractivity contribution < 1.29 is 8.42 Å². The molecule has 2 aromatic rings. The zero-order chi connectivity index (χ0) is 16.7. The fraction of sp³-hybridized carbons (Fsp3) is 0.333. The molecule has 23 heavy (non-hydrogen) atoms. The summed E-state index contributed by atoms with van der Waals surface area (Å²) in [5.41, 5.74) is 13.3. The second kappa shape index (κ2) is 5.74. The van der Waals surface area contributed by atoms with Crippen molar-refractivity contribution >= 4 is 9.84 Å². The summed E-state index contributed by atoms with van der Waals surface area (Å²) >= 11 is 0. The monoisotopic (exact) mass is 330 g/mol. The molecule has 0 heterocycles. The molecule has 1 saturated carbocycles. The zero-order valence-electron chi connectivity index (χ0n) is 13.1. The molecule has 0 aromatic heterocycles. The Hall–Kier alpha value is -1.69. The van der Waals surface area contributed by atoms with Crippen molar-refractivity contribution in [3.8, 4) is 0 Å². The zero-order valence-corrected chi connectivity index (χ0v) is 14.0. The lowest BCUT2D eigenvalue weighted by molar-refractivity contribution is 0.510. The summed E-state index contributed by atoms with van der Waals surface area (Å²) in [5.74, 6) is -0.148. The molecule has 0 aliphatic heterocycles. The van der Waals surface area contributed by atoms with Crippen LogP contribution < -0.4 is 11.5 Å². The molecule has 0 spiro atoms. The number of hydrogen-bond acceptors (Lipinski definition) is 4. The average molecular weight is 330 g/mol. The van der Waals surface area contributed by atoms with E-state index >= 15 is 0 Å². The van der Waals surface area contributed by atoms with Crippen molar-refractivity contribution in [1.29, 1.82) is 0 Å². The van der Waals surface area contributed by atoms with Crippen LogP contribution in [0.25, 0.3) is 0 Å². The number of rotatable bonds is 5. The normalized spacial score (nSPS) is 22.7. The highest BCUT2D eigenvalue weighted by molar-refractivity contribution is 7.92. The number of sulfone groups is 1. The van der Waals surface area contributed by atoms with Crippen LogP contribution in [0.2, 0.25) is 0 Å². The van der Waals surface area contributed by atoms with Gasteiger partial charge in [-0.2, -0.15) is 0 Å². The summed E-state index contributed by atoms with van der Waals surface area (Å²) < 4.78 is 26.2. The van der Waals surface area contributed by atoms with E-state index in [0.29, 0.717) is 4.90 Å². The summed E-state index contributed by atoms with van der Waals surface area (Å²) in [5, 5.41) is -0.560. The number of nitrogens with two attached hydrogens (primary N) is 2. The molecule has 2 atom stereocenters. The summed E-state index contributed by atoms with van der Waals surface area (Å²) in [4.78, 5) is 0.345. The maximum absolute atomic E-state index is 13.1. The van der Waals surface area contributed by atoms with Gasteiger partial charge in [-0.3, -0.25) is 0 Å². The van der Waals surface area contributed by atoms with E-state index in [1.807, 2.05) is 49.4 Å². The molecular weight excluding hydrogens is 308 g/mol. The van der Waals surface area contributed by atoms with Gasteiger partial charge in [-0.25, -0.2) is 8.42 Å². The minimum Gasteiger partial charge on any atom is -0.330 e. The van der Waals surface area contributed by atoms with Crippen LogP contribution in [-0.2, 0) is 9.84 Å². The third-order valence-corrected chi connectivity index (χ3v) is 7.32. The molecule has 122 valence electrons. The van der Waals surface area contributed by atoms with E-state index in [-0.39, 0.29) is 19.0 Å². The quantitative estimate of drug-likeness (QED) is 0.876. The Bertz CT molecular complexity index is 782. The lowest BCUT2D eigenvalue weighted by atomic mass is 9.99. The fourth-order valence-corrected chi connectivity index (χ4v) is 6.03. The summed E-state index contributed by atoms with van der Waals surface area (Å²) in [6.45, 7) is 2.46. The molecule has 3 rings (SSSR count). The molecule has 0 saturated heterocycles. The van der Waals surface area contributed by atoms with Crippen molar-refractivity contribution in [1.82, 2.24) is 0 Å². The highest BCUT2D eigenvalue weighted by atomic mass is 32.2. The van der Waals surface area contributed by atoms with Gasteiger partial charge in [0.15, 0.2) is 9.84 Å². The molecular formula is C18H22N2O2S. The SMILES string of the molecule is Cc1ccc(S(=O)(=O)[C@H]2[C@H](c3ccccc3)C2(CN)CN)cc1. The van der Waals surface area contributed by atoms with E-state index in [1.165, 1.54) is 0 Å². The van der Waals surface area contributed by atoms with Crippen molar-refractivity contribution in [2.24, 2.45) is 16.9 Å². The van der Waals surface area contributed by atoms with Gasteiger partial charge in [0.1, 0.15) is 0 Å². The second-order valence-electron chi connectivity index (χ2n) is 6.31.